The van der Waals surface area contributed by atoms with Crippen LogP contribution in [0, 0.1) is 0 Å². The second-order valence-electron chi connectivity index (χ2n) is 4.79. The van der Waals surface area contributed by atoms with Crippen LogP contribution in [0.5, 0.6) is 0 Å². The summed E-state index contributed by atoms with van der Waals surface area (Å²) in [5.41, 5.74) is 7.74. The molecule has 3 rings (SSSR count). The number of nitrogens with zero attached hydrogens (tertiary/aromatic N) is 2. The quantitative estimate of drug-likeness (QED) is 0.879. The summed E-state index contributed by atoms with van der Waals surface area (Å²) in [4.78, 5) is 4.55. The van der Waals surface area contributed by atoms with Crippen LogP contribution in [0.15, 0.2) is 28.8 Å². The highest BCUT2D eigenvalue weighted by Crippen LogP contribution is 2.41. The van der Waals surface area contributed by atoms with E-state index in [1.54, 1.807) is 0 Å². The van der Waals surface area contributed by atoms with Gasteiger partial charge in [0.25, 0.3) is 0 Å². The summed E-state index contributed by atoms with van der Waals surface area (Å²) in [6, 6.07) is 7.78. The minimum absolute atomic E-state index is 0.333. The molecule has 1 aromatic heterocycles. The fourth-order valence-corrected chi connectivity index (χ4v) is 4.91. The van der Waals surface area contributed by atoms with Crippen LogP contribution in [0.25, 0.3) is 0 Å². The number of aromatic nitrogens is 2. The van der Waals surface area contributed by atoms with E-state index in [0.29, 0.717) is 22.8 Å². The molecule has 1 aromatic carbocycles. The Morgan fingerprint density at radius 3 is 2.90 bits per heavy atom. The van der Waals surface area contributed by atoms with Gasteiger partial charge in [0.2, 0.25) is 5.89 Å². The molecule has 1 saturated heterocycles. The second-order valence-corrected chi connectivity index (χ2v) is 7.52. The van der Waals surface area contributed by atoms with E-state index in [-0.39, 0.29) is 0 Å². The molecule has 1 aliphatic heterocycles. The van der Waals surface area contributed by atoms with Crippen molar-refractivity contribution in [3.05, 3.63) is 41.5 Å². The fourth-order valence-electron chi connectivity index (χ4n) is 2.23. The van der Waals surface area contributed by atoms with Crippen LogP contribution in [0.2, 0.25) is 0 Å². The molecule has 0 bridgehead atoms. The molecule has 0 amide bonds. The zero-order valence-corrected chi connectivity index (χ0v) is 12.9. The molecular formula is C14H17N3OS2. The number of anilines is 1. The Hall–Kier alpha value is -1.14. The van der Waals surface area contributed by atoms with E-state index in [1.807, 2.05) is 47.8 Å². The predicted octanol–water partition coefficient (Wildman–Crippen LogP) is 3.15. The third-order valence-electron chi connectivity index (χ3n) is 3.32. The summed E-state index contributed by atoms with van der Waals surface area (Å²) in [6.45, 7) is 2.23. The first-order valence-corrected chi connectivity index (χ1v) is 8.73. The average Bonchev–Trinajstić information content (AvgIpc) is 2.90. The molecule has 2 N–H and O–H groups in total. The van der Waals surface area contributed by atoms with E-state index in [2.05, 4.69) is 17.1 Å². The summed E-state index contributed by atoms with van der Waals surface area (Å²) in [5, 5.41) is 5.02. The van der Waals surface area contributed by atoms with Crippen LogP contribution in [0.1, 0.15) is 29.5 Å². The number of para-hydroxylation sites is 1. The number of thioether (sulfide) groups is 2. The van der Waals surface area contributed by atoms with Gasteiger partial charge in [-0.05, 0) is 11.6 Å². The molecule has 2 atom stereocenters. The van der Waals surface area contributed by atoms with Gasteiger partial charge in [0.15, 0.2) is 5.82 Å². The summed E-state index contributed by atoms with van der Waals surface area (Å²) >= 11 is 3.89. The molecule has 0 saturated carbocycles. The first kappa shape index (κ1) is 13.8. The van der Waals surface area contributed by atoms with E-state index in [9.17, 15) is 0 Å². The lowest BCUT2D eigenvalue weighted by Gasteiger charge is -2.24. The van der Waals surface area contributed by atoms with Crippen molar-refractivity contribution in [2.75, 3.05) is 17.2 Å². The summed E-state index contributed by atoms with van der Waals surface area (Å²) in [5.74, 6) is 3.81. The van der Waals surface area contributed by atoms with Gasteiger partial charge in [-0.25, -0.2) is 0 Å². The summed E-state index contributed by atoms with van der Waals surface area (Å²) in [6.07, 6.45) is 0.596. The summed E-state index contributed by atoms with van der Waals surface area (Å²) < 4.78 is 5.39. The highest BCUT2D eigenvalue weighted by Gasteiger charge is 2.28. The van der Waals surface area contributed by atoms with Crippen molar-refractivity contribution >= 4 is 29.2 Å². The second kappa shape index (κ2) is 6.10. The molecule has 2 unspecified atom stereocenters. The Kier molecular flexibility index (Phi) is 4.21. The van der Waals surface area contributed by atoms with E-state index >= 15 is 0 Å². The van der Waals surface area contributed by atoms with E-state index in [0.717, 1.165) is 22.8 Å². The van der Waals surface area contributed by atoms with Crippen LogP contribution in [-0.2, 0) is 6.42 Å². The van der Waals surface area contributed by atoms with Crippen molar-refractivity contribution in [3.8, 4) is 0 Å². The van der Waals surface area contributed by atoms with Crippen molar-refractivity contribution in [2.24, 2.45) is 0 Å². The maximum atomic E-state index is 5.94. The Morgan fingerprint density at radius 1 is 1.30 bits per heavy atom. The van der Waals surface area contributed by atoms with Gasteiger partial charge in [-0.2, -0.15) is 16.7 Å². The molecule has 6 heteroatoms. The molecule has 2 aromatic rings. The fraction of sp³-hybridized carbons (Fsp3) is 0.429. The lowest BCUT2D eigenvalue weighted by Crippen LogP contribution is -2.16. The van der Waals surface area contributed by atoms with Gasteiger partial charge in [-0.15, -0.1) is 11.8 Å². The predicted molar refractivity (Wildman–Crippen MR) is 85.1 cm³/mol. The third kappa shape index (κ3) is 2.96. The Labute approximate surface area is 126 Å². The van der Waals surface area contributed by atoms with Gasteiger partial charge >= 0.3 is 0 Å². The van der Waals surface area contributed by atoms with Crippen molar-refractivity contribution < 1.29 is 4.52 Å². The molecule has 1 fully saturated rings. The molecular weight excluding hydrogens is 290 g/mol. The van der Waals surface area contributed by atoms with Crippen LogP contribution >= 0.6 is 23.5 Å². The minimum atomic E-state index is 0.333. The number of hydrogen-bond acceptors (Lipinski definition) is 6. The number of benzene rings is 1. The molecule has 0 radical (unpaired) electrons. The molecule has 0 aliphatic carbocycles. The largest absolute Gasteiger partial charge is 0.398 e. The Bertz CT molecular complexity index is 587. The van der Waals surface area contributed by atoms with Gasteiger partial charge < -0.3 is 10.3 Å². The van der Waals surface area contributed by atoms with Crippen molar-refractivity contribution in [3.63, 3.8) is 0 Å². The van der Waals surface area contributed by atoms with Crippen LogP contribution in [0.4, 0.5) is 5.69 Å². The smallest absolute Gasteiger partial charge is 0.231 e. The lowest BCUT2D eigenvalue weighted by molar-refractivity contribution is 0.379. The van der Waals surface area contributed by atoms with E-state index in [1.165, 1.54) is 5.75 Å². The zero-order valence-electron chi connectivity index (χ0n) is 11.3. The van der Waals surface area contributed by atoms with Gasteiger partial charge in [-0.3, -0.25) is 0 Å². The van der Waals surface area contributed by atoms with Gasteiger partial charge in [0.05, 0.1) is 11.7 Å². The van der Waals surface area contributed by atoms with Crippen LogP contribution in [0.3, 0.4) is 0 Å². The molecule has 1 aliphatic rings. The highest BCUT2D eigenvalue weighted by molar-refractivity contribution is 8.06. The van der Waals surface area contributed by atoms with Gasteiger partial charge in [-0.1, -0.05) is 30.3 Å². The Balaban J connectivity index is 1.75. The molecule has 20 heavy (non-hydrogen) atoms. The number of nitrogen functional groups attached to an aromatic ring is 1. The summed E-state index contributed by atoms with van der Waals surface area (Å²) in [7, 11) is 0. The first-order chi connectivity index (χ1) is 9.74. The maximum Gasteiger partial charge on any atom is 0.231 e. The van der Waals surface area contributed by atoms with E-state index < -0.39 is 0 Å². The average molecular weight is 307 g/mol. The van der Waals surface area contributed by atoms with Crippen molar-refractivity contribution in [1.82, 2.24) is 10.1 Å². The lowest BCUT2D eigenvalue weighted by atomic mass is 10.1. The van der Waals surface area contributed by atoms with Crippen molar-refractivity contribution in [2.45, 2.75) is 23.8 Å². The zero-order chi connectivity index (χ0) is 13.9. The number of nitrogens with two attached hydrogens (primary N) is 1. The SMILES string of the molecule is CC1SCCSC1c1noc(Cc2ccccc2N)n1. The monoisotopic (exact) mass is 307 g/mol. The maximum absolute atomic E-state index is 5.94. The van der Waals surface area contributed by atoms with E-state index in [4.69, 9.17) is 10.3 Å². The molecule has 4 nitrogen and oxygen atoms in total. The Morgan fingerprint density at radius 2 is 2.10 bits per heavy atom. The van der Waals surface area contributed by atoms with Crippen LogP contribution < -0.4 is 5.73 Å². The molecule has 2 heterocycles. The van der Waals surface area contributed by atoms with Crippen LogP contribution in [-0.4, -0.2) is 26.9 Å². The number of rotatable bonds is 3. The standard InChI is InChI=1S/C14H17N3OS2/c1-9-13(20-7-6-19-9)14-16-12(18-17-14)8-10-4-2-3-5-11(10)15/h2-5,9,13H,6-8,15H2,1H3. The van der Waals surface area contributed by atoms with Gasteiger partial charge in [0.1, 0.15) is 0 Å². The van der Waals surface area contributed by atoms with Crippen molar-refractivity contribution in [1.29, 1.82) is 0 Å². The number of hydrogen-bond donors (Lipinski definition) is 1. The first-order valence-electron chi connectivity index (χ1n) is 6.63. The van der Waals surface area contributed by atoms with Gasteiger partial charge in [0, 0.05) is 22.4 Å². The third-order valence-corrected chi connectivity index (χ3v) is 6.41. The molecule has 0 spiro atoms. The highest BCUT2D eigenvalue weighted by atomic mass is 32.2. The minimum Gasteiger partial charge on any atom is -0.398 e. The normalized spacial score (nSPS) is 22.9. The topological polar surface area (TPSA) is 64.9 Å². The molecule has 106 valence electrons.